The minimum Gasteiger partial charge on any atom is -0.394 e. The molecule has 0 rings (SSSR count). The molecule has 0 fully saturated rings. The molecule has 0 heterocycles. The Hall–Kier alpha value is -0.0100. The molecule has 0 spiro atoms. The number of rotatable bonds is 18. The second-order valence-corrected chi connectivity index (χ2v) is 7.94. The molecule has 0 amide bonds. The first-order valence-electron chi connectivity index (χ1n) is 9.59. The number of phosphoric ester groups is 1. The van der Waals surface area contributed by atoms with Crippen molar-refractivity contribution in [1.29, 1.82) is 0 Å². The number of phosphoric acid groups is 1. The zero-order valence-corrected chi connectivity index (χ0v) is 16.5. The van der Waals surface area contributed by atoms with E-state index in [0.29, 0.717) is 6.42 Å². The van der Waals surface area contributed by atoms with E-state index in [4.69, 9.17) is 20.5 Å². The third-order valence-corrected chi connectivity index (χ3v) is 5.11. The highest BCUT2D eigenvalue weighted by Crippen LogP contribution is 2.45. The largest absolute Gasteiger partial charge is 0.472 e. The van der Waals surface area contributed by atoms with Crippen LogP contribution in [0.15, 0.2) is 0 Å². The van der Waals surface area contributed by atoms with E-state index in [0.717, 1.165) is 19.3 Å². The molecule has 2 unspecified atom stereocenters. The molecule has 152 valence electrons. The summed E-state index contributed by atoms with van der Waals surface area (Å²) in [6, 6.07) is 0. The molecule has 8 heteroatoms. The molecule has 0 radical (unpaired) electrons. The molecule has 7 nitrogen and oxygen atoms in total. The van der Waals surface area contributed by atoms with Gasteiger partial charge in [0.2, 0.25) is 0 Å². The van der Waals surface area contributed by atoms with Gasteiger partial charge in [-0.25, -0.2) is 4.57 Å². The molecule has 25 heavy (non-hydrogen) atoms. The molecule has 0 bridgehead atoms. The standard InChI is InChI=1S/C17H38NO6P/c1-2-3-4-5-6-7-8-9-10-11-12-17(13-18)24-25(21,22)23-15-16(20)14-19/h16-17,19-20H,2-15,18H2,1H3,(H,21,22)/t16-,17?/m1/s1. The smallest absolute Gasteiger partial charge is 0.394 e. The Morgan fingerprint density at radius 3 is 2.00 bits per heavy atom. The van der Waals surface area contributed by atoms with Gasteiger partial charge in [-0.05, 0) is 6.42 Å². The summed E-state index contributed by atoms with van der Waals surface area (Å²) < 4.78 is 21.4. The molecular weight excluding hydrogens is 345 g/mol. The molecule has 3 atom stereocenters. The van der Waals surface area contributed by atoms with E-state index >= 15 is 0 Å². The van der Waals surface area contributed by atoms with Crippen LogP contribution in [-0.4, -0.2) is 47.1 Å². The van der Waals surface area contributed by atoms with Crippen molar-refractivity contribution in [3.8, 4) is 0 Å². The fraction of sp³-hybridized carbons (Fsp3) is 1.00. The number of hydrogen-bond acceptors (Lipinski definition) is 6. The minimum absolute atomic E-state index is 0.133. The summed E-state index contributed by atoms with van der Waals surface area (Å²) >= 11 is 0. The highest BCUT2D eigenvalue weighted by molar-refractivity contribution is 7.47. The highest BCUT2D eigenvalue weighted by Gasteiger charge is 2.26. The average Bonchev–Trinajstić information content (AvgIpc) is 2.60. The van der Waals surface area contributed by atoms with Crippen molar-refractivity contribution in [3.63, 3.8) is 0 Å². The van der Waals surface area contributed by atoms with Gasteiger partial charge >= 0.3 is 7.82 Å². The molecule has 0 aromatic carbocycles. The van der Waals surface area contributed by atoms with Crippen LogP contribution in [0.25, 0.3) is 0 Å². The van der Waals surface area contributed by atoms with Crippen molar-refractivity contribution in [2.75, 3.05) is 19.8 Å². The second kappa shape index (κ2) is 16.2. The van der Waals surface area contributed by atoms with Crippen LogP contribution in [0.4, 0.5) is 0 Å². The Kier molecular flexibility index (Phi) is 16.2. The first-order valence-corrected chi connectivity index (χ1v) is 11.1. The number of aliphatic hydroxyl groups excluding tert-OH is 2. The summed E-state index contributed by atoms with van der Waals surface area (Å²) in [5.74, 6) is 0. The summed E-state index contributed by atoms with van der Waals surface area (Å²) in [6.07, 6.45) is 11.0. The van der Waals surface area contributed by atoms with E-state index in [-0.39, 0.29) is 6.54 Å². The van der Waals surface area contributed by atoms with E-state index in [2.05, 4.69) is 11.4 Å². The van der Waals surface area contributed by atoms with Crippen molar-refractivity contribution >= 4 is 7.82 Å². The van der Waals surface area contributed by atoms with Crippen LogP contribution in [0.2, 0.25) is 0 Å². The maximum absolute atomic E-state index is 11.7. The number of hydrogen-bond donors (Lipinski definition) is 4. The third-order valence-electron chi connectivity index (χ3n) is 4.07. The fourth-order valence-electron chi connectivity index (χ4n) is 2.52. The lowest BCUT2D eigenvalue weighted by atomic mass is 10.0. The van der Waals surface area contributed by atoms with Crippen molar-refractivity contribution in [2.24, 2.45) is 5.73 Å². The van der Waals surface area contributed by atoms with Crippen LogP contribution in [-0.2, 0) is 13.6 Å². The SMILES string of the molecule is CCCCCCCCCCCCC(CN)OP(=O)(O)OC[C@H](O)CO. The summed E-state index contributed by atoms with van der Waals surface area (Å²) in [6.45, 7) is 1.35. The summed E-state index contributed by atoms with van der Waals surface area (Å²) in [5, 5.41) is 17.8. The lowest BCUT2D eigenvalue weighted by molar-refractivity contribution is 0.0286. The van der Waals surface area contributed by atoms with Gasteiger partial charge in [0.1, 0.15) is 6.10 Å². The van der Waals surface area contributed by atoms with Gasteiger partial charge < -0.3 is 20.8 Å². The van der Waals surface area contributed by atoms with E-state index in [1.165, 1.54) is 44.9 Å². The van der Waals surface area contributed by atoms with Crippen molar-refractivity contribution in [3.05, 3.63) is 0 Å². The average molecular weight is 383 g/mol. The zero-order valence-electron chi connectivity index (χ0n) is 15.6. The van der Waals surface area contributed by atoms with Gasteiger partial charge in [-0.15, -0.1) is 0 Å². The molecule has 0 saturated carbocycles. The van der Waals surface area contributed by atoms with E-state index in [9.17, 15) is 9.46 Å². The topological polar surface area (TPSA) is 122 Å². The lowest BCUT2D eigenvalue weighted by Crippen LogP contribution is -2.24. The van der Waals surface area contributed by atoms with Gasteiger partial charge in [0.05, 0.1) is 19.3 Å². The number of unbranched alkanes of at least 4 members (excludes halogenated alkanes) is 9. The Morgan fingerprint density at radius 1 is 1.00 bits per heavy atom. The molecule has 5 N–H and O–H groups in total. The van der Waals surface area contributed by atoms with Crippen LogP contribution in [0, 0.1) is 0 Å². The fourth-order valence-corrected chi connectivity index (χ4v) is 3.51. The normalized spacial score (nSPS) is 16.5. The maximum Gasteiger partial charge on any atom is 0.472 e. The molecule has 0 aromatic rings. The van der Waals surface area contributed by atoms with Gasteiger partial charge in [-0.2, -0.15) is 0 Å². The van der Waals surface area contributed by atoms with Crippen LogP contribution in [0.1, 0.15) is 77.6 Å². The van der Waals surface area contributed by atoms with Crippen LogP contribution < -0.4 is 5.73 Å². The van der Waals surface area contributed by atoms with Crippen molar-refractivity contribution < 1.29 is 28.7 Å². The quantitative estimate of drug-likeness (QED) is 0.212. The van der Waals surface area contributed by atoms with E-state index in [1.54, 1.807) is 0 Å². The van der Waals surface area contributed by atoms with Gasteiger partial charge in [-0.3, -0.25) is 9.05 Å². The van der Waals surface area contributed by atoms with E-state index < -0.39 is 33.2 Å². The summed E-state index contributed by atoms with van der Waals surface area (Å²) in [4.78, 5) is 9.58. The molecule has 0 aromatic heterocycles. The molecule has 0 aliphatic carbocycles. The van der Waals surface area contributed by atoms with Gasteiger partial charge in [0.25, 0.3) is 0 Å². The zero-order chi connectivity index (χ0) is 19.0. The Balaban J connectivity index is 3.72. The first kappa shape index (κ1) is 25.0. The molecule has 0 saturated heterocycles. The van der Waals surface area contributed by atoms with Crippen molar-refractivity contribution in [1.82, 2.24) is 0 Å². The lowest BCUT2D eigenvalue weighted by Gasteiger charge is -2.20. The minimum atomic E-state index is -4.26. The second-order valence-electron chi connectivity index (χ2n) is 6.53. The van der Waals surface area contributed by atoms with Gasteiger partial charge in [0, 0.05) is 6.54 Å². The van der Waals surface area contributed by atoms with Gasteiger partial charge in [-0.1, -0.05) is 71.1 Å². The van der Waals surface area contributed by atoms with Crippen LogP contribution >= 0.6 is 7.82 Å². The van der Waals surface area contributed by atoms with E-state index in [1.807, 2.05) is 0 Å². The third kappa shape index (κ3) is 15.9. The number of nitrogens with two attached hydrogens (primary N) is 1. The van der Waals surface area contributed by atoms with Gasteiger partial charge in [0.15, 0.2) is 0 Å². The Bertz CT molecular complexity index is 345. The monoisotopic (exact) mass is 383 g/mol. The van der Waals surface area contributed by atoms with Crippen LogP contribution in [0.3, 0.4) is 0 Å². The Morgan fingerprint density at radius 2 is 1.52 bits per heavy atom. The predicted molar refractivity (Wildman–Crippen MR) is 99.3 cm³/mol. The molecular formula is C17H38NO6P. The first-order chi connectivity index (χ1) is 11.9. The summed E-state index contributed by atoms with van der Waals surface area (Å²) in [5.41, 5.74) is 5.58. The maximum atomic E-state index is 11.7. The predicted octanol–water partition coefficient (Wildman–Crippen LogP) is 3.11. The van der Waals surface area contributed by atoms with Crippen molar-refractivity contribution in [2.45, 2.75) is 89.8 Å². The highest BCUT2D eigenvalue weighted by atomic mass is 31.2. The molecule has 0 aliphatic rings. The van der Waals surface area contributed by atoms with Crippen LogP contribution in [0.5, 0.6) is 0 Å². The number of aliphatic hydroxyl groups is 2. The molecule has 0 aliphatic heterocycles. The Labute approximate surface area is 152 Å². The summed E-state index contributed by atoms with van der Waals surface area (Å²) in [7, 11) is -4.26.